The summed E-state index contributed by atoms with van der Waals surface area (Å²) in [6, 6.07) is 8.67. The third-order valence-corrected chi connectivity index (χ3v) is 4.01. The van der Waals surface area contributed by atoms with E-state index in [9.17, 15) is 14.9 Å². The van der Waals surface area contributed by atoms with Gasteiger partial charge in [-0.1, -0.05) is 31.7 Å². The third kappa shape index (κ3) is 3.40. The first-order valence-electron chi connectivity index (χ1n) is 7.20. The molecule has 1 aromatic rings. The third-order valence-electron chi connectivity index (χ3n) is 4.01. The SMILES string of the molecule is N#CC1(C(=O)Nc2cccc(C(N)=O)c2)CCCCCC1. The molecule has 5 heteroatoms. The molecule has 3 N–H and O–H groups in total. The second kappa shape index (κ2) is 6.40. The van der Waals surface area contributed by atoms with Gasteiger partial charge in [0.15, 0.2) is 0 Å². The Morgan fingerprint density at radius 2 is 1.86 bits per heavy atom. The first-order chi connectivity index (χ1) is 10.1. The summed E-state index contributed by atoms with van der Waals surface area (Å²) in [5.41, 5.74) is 5.09. The highest BCUT2D eigenvalue weighted by molar-refractivity contribution is 5.99. The number of primary amides is 1. The van der Waals surface area contributed by atoms with E-state index in [-0.39, 0.29) is 5.91 Å². The molecule has 1 aromatic carbocycles. The van der Waals surface area contributed by atoms with Gasteiger partial charge in [0, 0.05) is 11.3 Å². The molecule has 1 saturated carbocycles. The van der Waals surface area contributed by atoms with Gasteiger partial charge < -0.3 is 11.1 Å². The fourth-order valence-corrected chi connectivity index (χ4v) is 2.72. The molecule has 21 heavy (non-hydrogen) atoms. The second-order valence-electron chi connectivity index (χ2n) is 5.51. The Morgan fingerprint density at radius 1 is 1.19 bits per heavy atom. The fraction of sp³-hybridized carbons (Fsp3) is 0.438. The molecule has 0 radical (unpaired) electrons. The highest BCUT2D eigenvalue weighted by Crippen LogP contribution is 2.35. The summed E-state index contributed by atoms with van der Waals surface area (Å²) in [6.07, 6.45) is 5.09. The quantitative estimate of drug-likeness (QED) is 0.835. The van der Waals surface area contributed by atoms with Crippen LogP contribution in [0.4, 0.5) is 5.69 Å². The van der Waals surface area contributed by atoms with Crippen LogP contribution in [0.1, 0.15) is 48.9 Å². The lowest BCUT2D eigenvalue weighted by Crippen LogP contribution is -2.34. The van der Waals surface area contributed by atoms with Crippen LogP contribution >= 0.6 is 0 Å². The predicted octanol–water partition coefficient (Wildman–Crippen LogP) is 2.59. The summed E-state index contributed by atoms with van der Waals surface area (Å²) in [6.45, 7) is 0. The number of nitrogens with two attached hydrogens (primary N) is 1. The maximum absolute atomic E-state index is 12.5. The smallest absolute Gasteiger partial charge is 0.248 e. The van der Waals surface area contributed by atoms with E-state index in [2.05, 4.69) is 11.4 Å². The average molecular weight is 285 g/mol. The summed E-state index contributed by atoms with van der Waals surface area (Å²) in [7, 11) is 0. The Hall–Kier alpha value is -2.35. The summed E-state index contributed by atoms with van der Waals surface area (Å²) in [5.74, 6) is -0.830. The lowest BCUT2D eigenvalue weighted by atomic mass is 9.81. The fourth-order valence-electron chi connectivity index (χ4n) is 2.72. The van der Waals surface area contributed by atoms with Crippen molar-refractivity contribution in [1.82, 2.24) is 0 Å². The number of carbonyl (C=O) groups excluding carboxylic acids is 2. The molecular formula is C16H19N3O2. The number of benzene rings is 1. The largest absolute Gasteiger partial charge is 0.366 e. The molecule has 110 valence electrons. The molecule has 1 aliphatic carbocycles. The molecule has 0 unspecified atom stereocenters. The van der Waals surface area contributed by atoms with Crippen molar-refractivity contribution in [3.05, 3.63) is 29.8 Å². The van der Waals surface area contributed by atoms with Gasteiger partial charge in [-0.3, -0.25) is 9.59 Å². The van der Waals surface area contributed by atoms with Gasteiger partial charge in [0.05, 0.1) is 6.07 Å². The van der Waals surface area contributed by atoms with Crippen molar-refractivity contribution < 1.29 is 9.59 Å². The summed E-state index contributed by atoms with van der Waals surface area (Å²) < 4.78 is 0. The maximum atomic E-state index is 12.5. The van der Waals surface area contributed by atoms with E-state index in [0.717, 1.165) is 25.7 Å². The van der Waals surface area contributed by atoms with Crippen LogP contribution in [0.5, 0.6) is 0 Å². The minimum atomic E-state index is -0.959. The van der Waals surface area contributed by atoms with Crippen molar-refractivity contribution in [2.45, 2.75) is 38.5 Å². The van der Waals surface area contributed by atoms with E-state index in [0.29, 0.717) is 24.1 Å². The average Bonchev–Trinajstić information content (AvgIpc) is 2.74. The standard InChI is InChI=1S/C16H19N3O2/c17-11-16(8-3-1-2-4-9-16)15(21)19-13-7-5-6-12(10-13)14(18)20/h5-7,10H,1-4,8-9H2,(H2,18,20)(H,19,21). The predicted molar refractivity (Wildman–Crippen MR) is 79.3 cm³/mol. The highest BCUT2D eigenvalue weighted by atomic mass is 16.2. The molecule has 0 bridgehead atoms. The Bertz CT molecular complexity index is 581. The summed E-state index contributed by atoms with van der Waals surface area (Å²) >= 11 is 0. The van der Waals surface area contributed by atoms with Gasteiger partial charge in [0.1, 0.15) is 5.41 Å². The lowest BCUT2D eigenvalue weighted by Gasteiger charge is -2.23. The van der Waals surface area contributed by atoms with Crippen LogP contribution in [0.3, 0.4) is 0 Å². The molecule has 0 aromatic heterocycles. The summed E-state index contributed by atoms with van der Waals surface area (Å²) in [5, 5.41) is 12.2. The van der Waals surface area contributed by atoms with E-state index >= 15 is 0 Å². The number of nitriles is 1. The van der Waals surface area contributed by atoms with Crippen LogP contribution in [-0.2, 0) is 4.79 Å². The number of carbonyl (C=O) groups is 2. The van der Waals surface area contributed by atoms with Crippen LogP contribution in [0.2, 0.25) is 0 Å². The van der Waals surface area contributed by atoms with Crippen LogP contribution in [-0.4, -0.2) is 11.8 Å². The molecule has 2 rings (SSSR count). The van der Waals surface area contributed by atoms with E-state index < -0.39 is 11.3 Å². The number of hydrogen-bond donors (Lipinski definition) is 2. The molecule has 2 amide bonds. The van der Waals surface area contributed by atoms with Crippen LogP contribution in [0.25, 0.3) is 0 Å². The molecule has 0 heterocycles. The Morgan fingerprint density at radius 3 is 2.43 bits per heavy atom. The van der Waals surface area contributed by atoms with Crippen molar-refractivity contribution in [3.8, 4) is 6.07 Å². The normalized spacial score (nSPS) is 17.3. The van der Waals surface area contributed by atoms with Gasteiger partial charge in [-0.2, -0.15) is 5.26 Å². The van der Waals surface area contributed by atoms with E-state index in [1.807, 2.05) is 0 Å². The van der Waals surface area contributed by atoms with Crippen LogP contribution in [0.15, 0.2) is 24.3 Å². The molecule has 0 saturated heterocycles. The first-order valence-corrected chi connectivity index (χ1v) is 7.20. The molecule has 5 nitrogen and oxygen atoms in total. The number of nitrogens with zero attached hydrogens (tertiary/aromatic N) is 1. The number of nitrogens with one attached hydrogen (secondary N) is 1. The number of hydrogen-bond acceptors (Lipinski definition) is 3. The van der Waals surface area contributed by atoms with Crippen molar-refractivity contribution >= 4 is 17.5 Å². The number of amides is 2. The van der Waals surface area contributed by atoms with Gasteiger partial charge >= 0.3 is 0 Å². The molecule has 1 fully saturated rings. The topological polar surface area (TPSA) is 96.0 Å². The minimum Gasteiger partial charge on any atom is -0.366 e. The van der Waals surface area contributed by atoms with Crippen molar-refractivity contribution in [2.75, 3.05) is 5.32 Å². The maximum Gasteiger partial charge on any atom is 0.248 e. The van der Waals surface area contributed by atoms with E-state index in [4.69, 9.17) is 5.73 Å². The van der Waals surface area contributed by atoms with E-state index in [1.165, 1.54) is 6.07 Å². The number of rotatable bonds is 3. The molecule has 0 spiro atoms. The Balaban J connectivity index is 2.18. The number of anilines is 1. The molecule has 0 aliphatic heterocycles. The Labute approximate surface area is 124 Å². The van der Waals surface area contributed by atoms with Gasteiger partial charge in [-0.05, 0) is 31.0 Å². The van der Waals surface area contributed by atoms with Gasteiger partial charge in [-0.25, -0.2) is 0 Å². The van der Waals surface area contributed by atoms with Gasteiger partial charge in [0.2, 0.25) is 11.8 Å². The molecule has 0 atom stereocenters. The molecule has 1 aliphatic rings. The molecular weight excluding hydrogens is 266 g/mol. The summed E-state index contributed by atoms with van der Waals surface area (Å²) in [4.78, 5) is 23.7. The van der Waals surface area contributed by atoms with Crippen molar-refractivity contribution in [1.29, 1.82) is 5.26 Å². The second-order valence-corrected chi connectivity index (χ2v) is 5.51. The zero-order valence-electron chi connectivity index (χ0n) is 11.9. The zero-order chi connectivity index (χ0) is 15.3. The minimum absolute atomic E-state index is 0.284. The van der Waals surface area contributed by atoms with Crippen molar-refractivity contribution in [3.63, 3.8) is 0 Å². The zero-order valence-corrected chi connectivity index (χ0v) is 11.9. The lowest BCUT2D eigenvalue weighted by molar-refractivity contribution is -0.123. The van der Waals surface area contributed by atoms with Gasteiger partial charge in [-0.15, -0.1) is 0 Å². The van der Waals surface area contributed by atoms with Crippen LogP contribution < -0.4 is 11.1 Å². The van der Waals surface area contributed by atoms with Gasteiger partial charge in [0.25, 0.3) is 0 Å². The van der Waals surface area contributed by atoms with E-state index in [1.54, 1.807) is 18.2 Å². The first kappa shape index (κ1) is 15.0. The van der Waals surface area contributed by atoms with Crippen LogP contribution in [0, 0.1) is 16.7 Å². The Kier molecular flexibility index (Phi) is 4.59. The monoisotopic (exact) mass is 285 g/mol. The van der Waals surface area contributed by atoms with Crippen molar-refractivity contribution in [2.24, 2.45) is 11.1 Å². The highest BCUT2D eigenvalue weighted by Gasteiger charge is 2.38.